The van der Waals surface area contributed by atoms with Crippen LogP contribution in [0.4, 0.5) is 13.2 Å². The molecular weight excluding hydrogens is 401 g/mol. The molecule has 2 heterocycles. The molecule has 2 aliphatic heterocycles. The van der Waals surface area contributed by atoms with Crippen LogP contribution in [0.25, 0.3) is 0 Å². The van der Waals surface area contributed by atoms with Crippen molar-refractivity contribution in [1.82, 2.24) is 4.90 Å². The molecule has 1 unspecified atom stereocenters. The van der Waals surface area contributed by atoms with Crippen LogP contribution in [0.15, 0.2) is 34.7 Å². The lowest BCUT2D eigenvalue weighted by Gasteiger charge is -2.41. The summed E-state index contributed by atoms with van der Waals surface area (Å²) in [6.07, 6.45) is 0.799. The van der Waals surface area contributed by atoms with E-state index in [1.807, 2.05) is 13.1 Å². The predicted molar refractivity (Wildman–Crippen MR) is 109 cm³/mol. The van der Waals surface area contributed by atoms with E-state index in [0.29, 0.717) is 6.04 Å². The summed E-state index contributed by atoms with van der Waals surface area (Å²) in [6.45, 7) is 6.85. The first kappa shape index (κ1) is 21.9. The number of ether oxygens (including phenoxy) is 1. The molecule has 8 heteroatoms. The van der Waals surface area contributed by atoms with Crippen molar-refractivity contribution in [3.05, 3.63) is 35.9 Å². The first-order valence-electron chi connectivity index (χ1n) is 9.37. The highest BCUT2D eigenvalue weighted by Crippen LogP contribution is 2.44. The fourth-order valence-electron chi connectivity index (χ4n) is 3.99. The summed E-state index contributed by atoms with van der Waals surface area (Å²) >= 11 is 1.09. The van der Waals surface area contributed by atoms with Crippen molar-refractivity contribution in [3.63, 3.8) is 0 Å². The summed E-state index contributed by atoms with van der Waals surface area (Å²) in [4.78, 5) is 20.2. The molecule has 0 saturated carbocycles. The first-order chi connectivity index (χ1) is 13.6. The summed E-state index contributed by atoms with van der Waals surface area (Å²) in [5, 5.41) is 0. The maximum atomic E-state index is 13.2. The normalized spacial score (nSPS) is 27.3. The molecule has 29 heavy (non-hydrogen) atoms. The number of rotatable bonds is 6. The standard InChI is InChI=1S/C21H25F3N2O2S/c1-6-20(8-7-12(2)26(3)11-20)19-17(25-19)18(27)16-14(28-4)9-13(21(22,23)24)10-15(16)29-5/h6,9-10,12,17H,1,7-8,11H2,2-5H3/t12-,17?,20+/m1/s1. The maximum Gasteiger partial charge on any atom is 0.416 e. The molecule has 0 N–H and O–H groups in total. The molecule has 0 aliphatic carbocycles. The van der Waals surface area contributed by atoms with E-state index in [9.17, 15) is 18.0 Å². The number of thioether (sulfide) groups is 1. The monoisotopic (exact) mass is 426 g/mol. The minimum absolute atomic E-state index is 0.0716. The third kappa shape index (κ3) is 3.97. The largest absolute Gasteiger partial charge is 0.496 e. The molecule has 1 fully saturated rings. The smallest absolute Gasteiger partial charge is 0.416 e. The number of halogens is 3. The number of hydrogen-bond acceptors (Lipinski definition) is 5. The number of methoxy groups -OCH3 is 1. The number of ketones is 1. The SMILES string of the molecule is C=C[C@]1(C2=NC2C(=O)c2c(OC)cc(C(F)(F)F)cc2SC)CC[C@@H](C)N(C)C1. The van der Waals surface area contributed by atoms with E-state index >= 15 is 0 Å². The zero-order valence-electron chi connectivity index (χ0n) is 17.0. The van der Waals surface area contributed by atoms with E-state index in [1.165, 1.54) is 7.11 Å². The van der Waals surface area contributed by atoms with Gasteiger partial charge in [-0.3, -0.25) is 9.79 Å². The highest BCUT2D eigenvalue weighted by molar-refractivity contribution is 7.98. The lowest BCUT2D eigenvalue weighted by Crippen LogP contribution is -2.48. The van der Waals surface area contributed by atoms with Gasteiger partial charge in [0.1, 0.15) is 5.75 Å². The third-order valence-electron chi connectivity index (χ3n) is 5.98. The van der Waals surface area contributed by atoms with Crippen molar-refractivity contribution in [2.45, 2.75) is 42.9 Å². The Balaban J connectivity index is 1.92. The second-order valence-electron chi connectivity index (χ2n) is 7.70. The van der Waals surface area contributed by atoms with Gasteiger partial charge in [-0.1, -0.05) is 6.08 Å². The minimum atomic E-state index is -4.52. The van der Waals surface area contributed by atoms with Crippen LogP contribution in [0.5, 0.6) is 5.75 Å². The van der Waals surface area contributed by atoms with Crippen LogP contribution in [-0.4, -0.2) is 55.4 Å². The quantitative estimate of drug-likeness (QED) is 0.375. The van der Waals surface area contributed by atoms with Gasteiger partial charge in [0.15, 0.2) is 11.8 Å². The predicted octanol–water partition coefficient (Wildman–Crippen LogP) is 4.73. The van der Waals surface area contributed by atoms with Gasteiger partial charge in [0, 0.05) is 22.9 Å². The second-order valence-corrected chi connectivity index (χ2v) is 8.55. The van der Waals surface area contributed by atoms with Gasteiger partial charge in [0.25, 0.3) is 0 Å². The fourth-order valence-corrected chi connectivity index (χ4v) is 4.64. The molecule has 0 spiro atoms. The van der Waals surface area contributed by atoms with Gasteiger partial charge < -0.3 is 9.64 Å². The lowest BCUT2D eigenvalue weighted by atomic mass is 9.74. The van der Waals surface area contributed by atoms with E-state index in [4.69, 9.17) is 4.74 Å². The van der Waals surface area contributed by atoms with E-state index < -0.39 is 17.8 Å². The molecule has 3 atom stereocenters. The number of alkyl halides is 3. The topological polar surface area (TPSA) is 41.9 Å². The van der Waals surface area contributed by atoms with Gasteiger partial charge in [-0.15, -0.1) is 18.3 Å². The average Bonchev–Trinajstić information content (AvgIpc) is 3.49. The molecular formula is C21H25F3N2O2S. The Hall–Kier alpha value is -1.80. The van der Waals surface area contributed by atoms with Crippen molar-refractivity contribution in [1.29, 1.82) is 0 Å². The highest BCUT2D eigenvalue weighted by atomic mass is 32.2. The average molecular weight is 427 g/mol. The Morgan fingerprint density at radius 3 is 2.66 bits per heavy atom. The number of likely N-dealkylation sites (tertiary alicyclic amines) is 1. The Morgan fingerprint density at radius 2 is 2.14 bits per heavy atom. The molecule has 1 aromatic carbocycles. The molecule has 2 aliphatic rings. The molecule has 158 valence electrons. The Kier molecular flexibility index (Phi) is 5.89. The van der Waals surface area contributed by atoms with Gasteiger partial charge in [-0.2, -0.15) is 13.2 Å². The van der Waals surface area contributed by atoms with E-state index in [0.717, 1.165) is 49.0 Å². The fraction of sp³-hybridized carbons (Fsp3) is 0.524. The van der Waals surface area contributed by atoms with Crippen LogP contribution >= 0.6 is 11.8 Å². The molecule has 0 aromatic heterocycles. The van der Waals surface area contributed by atoms with Crippen molar-refractivity contribution in [2.75, 3.05) is 27.0 Å². The van der Waals surface area contributed by atoms with Crippen molar-refractivity contribution < 1.29 is 22.7 Å². The minimum Gasteiger partial charge on any atom is -0.496 e. The Labute approximate surface area is 173 Å². The van der Waals surface area contributed by atoms with Crippen LogP contribution in [0.1, 0.15) is 35.7 Å². The number of piperidine rings is 1. The number of Topliss-reactive ketones (excluding diaryl/α,β-unsaturated/α-hetero) is 1. The number of carbonyl (C=O) groups excluding carboxylic acids is 1. The molecule has 0 amide bonds. The molecule has 3 rings (SSSR count). The summed E-state index contributed by atoms with van der Waals surface area (Å²) in [7, 11) is 3.31. The number of carbonyl (C=O) groups is 1. The third-order valence-corrected chi connectivity index (χ3v) is 6.74. The van der Waals surface area contributed by atoms with Gasteiger partial charge in [-0.25, -0.2) is 0 Å². The van der Waals surface area contributed by atoms with E-state index in [2.05, 4.69) is 23.4 Å². The summed E-state index contributed by atoms with van der Waals surface area (Å²) in [5.74, 6) is -0.393. The van der Waals surface area contributed by atoms with E-state index in [-0.39, 0.29) is 27.4 Å². The van der Waals surface area contributed by atoms with Gasteiger partial charge >= 0.3 is 6.18 Å². The first-order valence-corrected chi connectivity index (χ1v) is 10.6. The van der Waals surface area contributed by atoms with Gasteiger partial charge in [-0.05, 0) is 45.2 Å². The molecule has 0 bridgehead atoms. The summed E-state index contributed by atoms with van der Waals surface area (Å²) in [6, 6.07) is 1.66. The van der Waals surface area contributed by atoms with Gasteiger partial charge in [0.2, 0.25) is 0 Å². The van der Waals surface area contributed by atoms with E-state index in [1.54, 1.807) is 6.26 Å². The number of hydrogen-bond donors (Lipinski definition) is 0. The summed E-state index contributed by atoms with van der Waals surface area (Å²) in [5.41, 5.74) is -0.281. The summed E-state index contributed by atoms with van der Waals surface area (Å²) < 4.78 is 44.8. The van der Waals surface area contributed by atoms with Gasteiger partial charge in [0.05, 0.1) is 23.9 Å². The number of aliphatic imine (C=N–C) groups is 1. The zero-order valence-corrected chi connectivity index (χ0v) is 17.8. The van der Waals surface area contributed by atoms with Crippen LogP contribution in [0.3, 0.4) is 0 Å². The second kappa shape index (κ2) is 7.80. The molecule has 1 aromatic rings. The molecule has 0 radical (unpaired) electrons. The lowest BCUT2D eigenvalue weighted by molar-refractivity contribution is -0.137. The Morgan fingerprint density at radius 1 is 1.45 bits per heavy atom. The zero-order chi connectivity index (χ0) is 21.6. The highest BCUT2D eigenvalue weighted by Gasteiger charge is 2.51. The van der Waals surface area contributed by atoms with Crippen LogP contribution in [0.2, 0.25) is 0 Å². The Bertz CT molecular complexity index is 843. The van der Waals surface area contributed by atoms with Crippen LogP contribution in [0, 0.1) is 5.41 Å². The molecule has 1 saturated heterocycles. The number of nitrogens with zero attached hydrogens (tertiary/aromatic N) is 2. The van der Waals surface area contributed by atoms with Crippen LogP contribution in [-0.2, 0) is 6.18 Å². The maximum absolute atomic E-state index is 13.2. The van der Waals surface area contributed by atoms with Crippen molar-refractivity contribution in [2.24, 2.45) is 10.4 Å². The molecule has 4 nitrogen and oxygen atoms in total. The van der Waals surface area contributed by atoms with Crippen molar-refractivity contribution in [3.8, 4) is 5.75 Å². The van der Waals surface area contributed by atoms with Crippen LogP contribution < -0.4 is 4.74 Å². The number of benzene rings is 1. The van der Waals surface area contributed by atoms with Crippen molar-refractivity contribution >= 4 is 23.3 Å².